The van der Waals surface area contributed by atoms with Gasteiger partial charge >= 0.3 is 6.09 Å². The van der Waals surface area contributed by atoms with Crippen LogP contribution in [0.15, 0.2) is 18.0 Å². The second-order valence-electron chi connectivity index (χ2n) is 8.84. The van der Waals surface area contributed by atoms with Gasteiger partial charge in [0.2, 0.25) is 0 Å². The molecule has 1 aliphatic rings. The minimum absolute atomic E-state index is 0.0370. The number of nitrogens with zero attached hydrogens (tertiary/aromatic N) is 3. The number of rotatable bonds is 9. The fraction of sp³-hybridized carbons (Fsp3) is 0.652. The maximum Gasteiger partial charge on any atom is 0.409 e. The standard InChI is InChI=1S/C23H39N5O3/c1-16(2)11-12-27(4)23(29)30-15-20(28(5)25)22(24)19-13-17(3)21(14-26-19)31-18-9-7-6-8-10-18/h13-14,16,18H,6-12,15,24-25H2,1-5H3/b22-20-. The van der Waals surface area contributed by atoms with Gasteiger partial charge in [-0.05, 0) is 56.6 Å². The Balaban J connectivity index is 2.07. The quantitative estimate of drug-likeness (QED) is 0.452. The summed E-state index contributed by atoms with van der Waals surface area (Å²) in [5.74, 6) is 7.26. The van der Waals surface area contributed by atoms with Gasteiger partial charge in [-0.3, -0.25) is 4.98 Å². The van der Waals surface area contributed by atoms with Crippen LogP contribution in [0.1, 0.15) is 63.6 Å². The molecule has 1 amide bonds. The molecule has 31 heavy (non-hydrogen) atoms. The van der Waals surface area contributed by atoms with Crippen LogP contribution in [0, 0.1) is 12.8 Å². The maximum atomic E-state index is 12.3. The highest BCUT2D eigenvalue weighted by molar-refractivity contribution is 5.68. The summed E-state index contributed by atoms with van der Waals surface area (Å²) in [4.78, 5) is 18.3. The summed E-state index contributed by atoms with van der Waals surface area (Å²) in [5, 5.41) is 1.36. The molecule has 0 atom stereocenters. The molecule has 0 saturated heterocycles. The molecule has 1 heterocycles. The van der Waals surface area contributed by atoms with Crippen LogP contribution in [0.25, 0.3) is 5.70 Å². The molecule has 4 N–H and O–H groups in total. The van der Waals surface area contributed by atoms with E-state index in [0.29, 0.717) is 29.6 Å². The number of hydrogen-bond donors (Lipinski definition) is 2. The molecule has 0 bridgehead atoms. The number of ether oxygens (including phenoxy) is 2. The van der Waals surface area contributed by atoms with Crippen LogP contribution in [0.2, 0.25) is 0 Å². The van der Waals surface area contributed by atoms with E-state index in [0.717, 1.165) is 30.6 Å². The number of amides is 1. The lowest BCUT2D eigenvalue weighted by molar-refractivity contribution is 0.112. The Labute approximate surface area is 186 Å². The Hall–Kier alpha value is -2.48. The third-order valence-corrected chi connectivity index (χ3v) is 5.61. The second-order valence-corrected chi connectivity index (χ2v) is 8.84. The highest BCUT2D eigenvalue weighted by atomic mass is 16.6. The number of pyridine rings is 1. The Morgan fingerprint density at radius 2 is 1.94 bits per heavy atom. The Morgan fingerprint density at radius 3 is 2.52 bits per heavy atom. The molecule has 1 fully saturated rings. The van der Waals surface area contributed by atoms with E-state index in [1.165, 1.54) is 24.3 Å². The molecule has 0 unspecified atom stereocenters. The smallest absolute Gasteiger partial charge is 0.409 e. The molecule has 1 aliphatic carbocycles. The molecule has 0 aromatic carbocycles. The van der Waals surface area contributed by atoms with Crippen molar-refractivity contribution in [2.45, 2.75) is 65.4 Å². The molecule has 0 spiro atoms. The molecule has 2 rings (SSSR count). The summed E-state index contributed by atoms with van der Waals surface area (Å²) in [7, 11) is 3.38. The van der Waals surface area contributed by atoms with E-state index in [9.17, 15) is 4.79 Å². The molecule has 1 saturated carbocycles. The number of carbonyl (C=O) groups is 1. The molecular formula is C23H39N5O3. The van der Waals surface area contributed by atoms with Gasteiger partial charge in [-0.2, -0.15) is 0 Å². The topological polar surface area (TPSA) is 107 Å². The van der Waals surface area contributed by atoms with Gasteiger partial charge in [-0.1, -0.05) is 20.3 Å². The van der Waals surface area contributed by atoms with Crippen molar-refractivity contribution in [3.63, 3.8) is 0 Å². The van der Waals surface area contributed by atoms with Crippen molar-refractivity contribution < 1.29 is 14.3 Å². The molecule has 174 valence electrons. The largest absolute Gasteiger partial charge is 0.489 e. The summed E-state index contributed by atoms with van der Waals surface area (Å²) in [6, 6.07) is 1.88. The average Bonchev–Trinajstić information content (AvgIpc) is 2.73. The number of aryl methyl sites for hydroxylation is 1. The minimum Gasteiger partial charge on any atom is -0.489 e. The van der Waals surface area contributed by atoms with Crippen LogP contribution in [-0.2, 0) is 4.74 Å². The zero-order valence-corrected chi connectivity index (χ0v) is 19.7. The Bertz CT molecular complexity index is 758. The third-order valence-electron chi connectivity index (χ3n) is 5.61. The number of carbonyl (C=O) groups excluding carboxylic acids is 1. The van der Waals surface area contributed by atoms with Gasteiger partial charge in [0.05, 0.1) is 29.4 Å². The van der Waals surface area contributed by atoms with E-state index in [1.54, 1.807) is 25.2 Å². The van der Waals surface area contributed by atoms with E-state index in [4.69, 9.17) is 21.1 Å². The van der Waals surface area contributed by atoms with E-state index in [2.05, 4.69) is 18.8 Å². The van der Waals surface area contributed by atoms with Gasteiger partial charge in [0.25, 0.3) is 0 Å². The third kappa shape index (κ3) is 7.61. The van der Waals surface area contributed by atoms with Gasteiger partial charge in [0.1, 0.15) is 12.4 Å². The minimum atomic E-state index is -0.409. The highest BCUT2D eigenvalue weighted by Gasteiger charge is 2.19. The molecule has 8 nitrogen and oxygen atoms in total. The van der Waals surface area contributed by atoms with Crippen molar-refractivity contribution in [1.82, 2.24) is 14.9 Å². The zero-order valence-electron chi connectivity index (χ0n) is 19.7. The highest BCUT2D eigenvalue weighted by Crippen LogP contribution is 2.26. The van der Waals surface area contributed by atoms with E-state index in [-0.39, 0.29) is 12.7 Å². The zero-order chi connectivity index (χ0) is 23.0. The summed E-state index contributed by atoms with van der Waals surface area (Å²) in [5.41, 5.74) is 8.74. The second kappa shape index (κ2) is 11.8. The Kier molecular flexibility index (Phi) is 9.43. The first-order chi connectivity index (χ1) is 14.7. The molecule has 1 aromatic rings. The van der Waals surface area contributed by atoms with Gasteiger partial charge in [0.15, 0.2) is 0 Å². The molecule has 0 radical (unpaired) electrons. The monoisotopic (exact) mass is 433 g/mol. The van der Waals surface area contributed by atoms with Crippen LogP contribution in [0.5, 0.6) is 5.75 Å². The average molecular weight is 434 g/mol. The summed E-state index contributed by atoms with van der Waals surface area (Å²) in [6.45, 7) is 6.80. The van der Waals surface area contributed by atoms with Crippen LogP contribution in [0.4, 0.5) is 4.79 Å². The van der Waals surface area contributed by atoms with Crippen molar-refractivity contribution in [1.29, 1.82) is 0 Å². The number of hydrazine groups is 1. The van der Waals surface area contributed by atoms with Gasteiger partial charge in [-0.15, -0.1) is 0 Å². The van der Waals surface area contributed by atoms with Crippen LogP contribution >= 0.6 is 0 Å². The predicted molar refractivity (Wildman–Crippen MR) is 123 cm³/mol. The summed E-state index contributed by atoms with van der Waals surface area (Å²) < 4.78 is 11.6. The van der Waals surface area contributed by atoms with E-state index < -0.39 is 6.09 Å². The predicted octanol–water partition coefficient (Wildman–Crippen LogP) is 3.65. The van der Waals surface area contributed by atoms with E-state index in [1.807, 2.05) is 13.0 Å². The fourth-order valence-electron chi connectivity index (χ4n) is 3.48. The molecule has 0 aliphatic heterocycles. The van der Waals surface area contributed by atoms with Crippen molar-refractivity contribution >= 4 is 11.8 Å². The number of nitrogens with two attached hydrogens (primary N) is 2. The van der Waals surface area contributed by atoms with Gasteiger partial charge in [0, 0.05) is 20.6 Å². The molecule has 8 heteroatoms. The van der Waals surface area contributed by atoms with Crippen molar-refractivity contribution in [3.05, 3.63) is 29.2 Å². The van der Waals surface area contributed by atoms with E-state index >= 15 is 0 Å². The fourth-order valence-corrected chi connectivity index (χ4v) is 3.48. The van der Waals surface area contributed by atoms with Crippen molar-refractivity contribution in [2.24, 2.45) is 17.5 Å². The van der Waals surface area contributed by atoms with Gasteiger partial charge < -0.3 is 25.1 Å². The van der Waals surface area contributed by atoms with Crippen molar-refractivity contribution in [2.75, 3.05) is 27.2 Å². The lowest BCUT2D eigenvalue weighted by Crippen LogP contribution is -2.34. The summed E-state index contributed by atoms with van der Waals surface area (Å²) >= 11 is 0. The lowest BCUT2D eigenvalue weighted by atomic mass is 9.98. The first-order valence-electron chi connectivity index (χ1n) is 11.2. The molecular weight excluding hydrogens is 394 g/mol. The number of likely N-dealkylation sites (N-methyl/N-ethyl adjacent to an activating group) is 1. The Morgan fingerprint density at radius 1 is 1.26 bits per heavy atom. The van der Waals surface area contributed by atoms with Gasteiger partial charge in [-0.25, -0.2) is 10.6 Å². The number of hydrogen-bond acceptors (Lipinski definition) is 7. The van der Waals surface area contributed by atoms with Crippen LogP contribution < -0.4 is 16.3 Å². The first-order valence-corrected chi connectivity index (χ1v) is 11.2. The van der Waals surface area contributed by atoms with Crippen LogP contribution in [-0.4, -0.2) is 54.3 Å². The maximum absolute atomic E-state index is 12.3. The SMILES string of the molecule is Cc1cc(/C(N)=C(\COC(=O)N(C)CCC(C)C)N(C)N)ncc1OC1CCCCC1. The first kappa shape index (κ1) is 24.8. The molecule has 1 aromatic heterocycles. The van der Waals surface area contributed by atoms with Crippen LogP contribution in [0.3, 0.4) is 0 Å². The lowest BCUT2D eigenvalue weighted by Gasteiger charge is -2.24. The summed E-state index contributed by atoms with van der Waals surface area (Å²) in [6.07, 6.45) is 8.34. The number of aromatic nitrogens is 1. The van der Waals surface area contributed by atoms with Crippen molar-refractivity contribution in [3.8, 4) is 5.75 Å². The normalized spacial score (nSPS) is 15.5.